The van der Waals surface area contributed by atoms with Gasteiger partial charge in [0.2, 0.25) is 0 Å². The van der Waals surface area contributed by atoms with Crippen molar-refractivity contribution in [3.63, 3.8) is 0 Å². The molecule has 0 saturated carbocycles. The fraction of sp³-hybridized carbons (Fsp3) is 1.00. The van der Waals surface area contributed by atoms with E-state index in [-0.39, 0.29) is 29.6 Å². The molecule has 16 heavy (non-hydrogen) atoms. The molecular formula is C4H8NaO8S3+. The van der Waals surface area contributed by atoms with Crippen LogP contribution in [0.1, 0.15) is 0 Å². The molecular weight excluding hydrogens is 295 g/mol. The fourth-order valence-corrected chi connectivity index (χ4v) is 7.61. The van der Waals surface area contributed by atoms with Gasteiger partial charge in [0.15, 0.2) is 9.84 Å². The van der Waals surface area contributed by atoms with Crippen LogP contribution in [0.5, 0.6) is 0 Å². The van der Waals surface area contributed by atoms with Crippen LogP contribution in [0.4, 0.5) is 0 Å². The zero-order valence-electron chi connectivity index (χ0n) is 8.14. The summed E-state index contributed by atoms with van der Waals surface area (Å²) in [5, 5.41) is -4.03. The summed E-state index contributed by atoms with van der Waals surface area (Å²) in [5.74, 6) is -2.01. The molecule has 0 aromatic rings. The van der Waals surface area contributed by atoms with Gasteiger partial charge in [0.1, 0.15) is 10.5 Å². The van der Waals surface area contributed by atoms with Crippen LogP contribution in [-0.2, 0) is 30.1 Å². The summed E-state index contributed by atoms with van der Waals surface area (Å²) in [4.78, 5) is 0. The van der Waals surface area contributed by atoms with Gasteiger partial charge in [-0.05, 0) is 0 Å². The van der Waals surface area contributed by atoms with Crippen LogP contribution in [0.2, 0.25) is 0 Å². The van der Waals surface area contributed by atoms with Gasteiger partial charge in [-0.1, -0.05) is 0 Å². The van der Waals surface area contributed by atoms with E-state index in [4.69, 9.17) is 9.11 Å². The summed E-state index contributed by atoms with van der Waals surface area (Å²) in [7, 11) is -13.5. The average molecular weight is 303 g/mol. The van der Waals surface area contributed by atoms with Crippen LogP contribution >= 0.6 is 0 Å². The summed E-state index contributed by atoms with van der Waals surface area (Å²) in [6.07, 6.45) is 0. The topological polar surface area (TPSA) is 143 Å². The molecule has 2 N–H and O–H groups in total. The predicted octanol–water partition coefficient (Wildman–Crippen LogP) is -5.07. The van der Waals surface area contributed by atoms with E-state index in [0.717, 1.165) is 0 Å². The Morgan fingerprint density at radius 3 is 1.31 bits per heavy atom. The van der Waals surface area contributed by atoms with E-state index in [1.807, 2.05) is 0 Å². The first-order valence-corrected chi connectivity index (χ1v) is 8.39. The molecule has 0 spiro atoms. The Hall–Kier alpha value is 0.770. The van der Waals surface area contributed by atoms with Crippen LogP contribution in [0.15, 0.2) is 0 Å². The minimum Gasteiger partial charge on any atom is -0.285 e. The van der Waals surface area contributed by atoms with E-state index in [9.17, 15) is 25.3 Å². The summed E-state index contributed by atoms with van der Waals surface area (Å²) in [6.45, 7) is 0. The van der Waals surface area contributed by atoms with Gasteiger partial charge in [0, 0.05) is 0 Å². The molecule has 1 heterocycles. The monoisotopic (exact) mass is 303 g/mol. The van der Waals surface area contributed by atoms with Gasteiger partial charge in [0.25, 0.3) is 20.2 Å². The Morgan fingerprint density at radius 1 is 0.875 bits per heavy atom. The molecule has 1 rings (SSSR count). The maximum atomic E-state index is 11.0. The van der Waals surface area contributed by atoms with Crippen molar-refractivity contribution in [3.05, 3.63) is 0 Å². The number of rotatable bonds is 2. The normalized spacial score (nSPS) is 29.6. The quantitative estimate of drug-likeness (QED) is 0.381. The van der Waals surface area contributed by atoms with Gasteiger partial charge in [0.05, 0.1) is 11.5 Å². The molecule has 2 atom stereocenters. The predicted molar refractivity (Wildman–Crippen MR) is 49.3 cm³/mol. The van der Waals surface area contributed by atoms with Crippen molar-refractivity contribution in [2.24, 2.45) is 0 Å². The Bertz CT molecular complexity index is 510. The Balaban J connectivity index is 0.00000225. The van der Waals surface area contributed by atoms with Crippen LogP contribution < -0.4 is 29.6 Å². The smallest absolute Gasteiger partial charge is 0.285 e. The zero-order valence-corrected chi connectivity index (χ0v) is 12.6. The third-order valence-corrected chi connectivity index (χ3v) is 6.87. The second kappa shape index (κ2) is 4.80. The third kappa shape index (κ3) is 3.91. The van der Waals surface area contributed by atoms with Crippen molar-refractivity contribution in [2.45, 2.75) is 10.5 Å². The molecule has 0 aromatic carbocycles. The molecule has 1 aliphatic rings. The molecule has 0 aliphatic carbocycles. The molecule has 8 nitrogen and oxygen atoms in total. The third-order valence-electron chi connectivity index (χ3n) is 2.02. The molecule has 1 saturated heterocycles. The first-order chi connectivity index (χ1) is 6.43. The van der Waals surface area contributed by atoms with Crippen molar-refractivity contribution in [3.8, 4) is 0 Å². The van der Waals surface area contributed by atoms with E-state index >= 15 is 0 Å². The van der Waals surface area contributed by atoms with Crippen molar-refractivity contribution in [1.82, 2.24) is 0 Å². The van der Waals surface area contributed by atoms with E-state index < -0.39 is 52.1 Å². The Morgan fingerprint density at radius 2 is 1.12 bits per heavy atom. The molecule has 0 amide bonds. The number of hydrogen-bond acceptors (Lipinski definition) is 6. The molecule has 90 valence electrons. The average Bonchev–Trinajstić information content (AvgIpc) is 2.23. The van der Waals surface area contributed by atoms with Crippen LogP contribution in [0, 0.1) is 0 Å². The molecule has 2 unspecified atom stereocenters. The SMILES string of the molecule is O=S1(=O)CC(S(=O)(=O)O)C(S(=O)(=O)O)C1.[Na+]. The zero-order chi connectivity index (χ0) is 12.1. The van der Waals surface area contributed by atoms with Crippen LogP contribution in [0.3, 0.4) is 0 Å². The maximum absolute atomic E-state index is 11.0. The minimum absolute atomic E-state index is 0. The van der Waals surface area contributed by atoms with E-state index in [1.165, 1.54) is 0 Å². The number of hydrogen-bond donors (Lipinski definition) is 2. The molecule has 0 bridgehead atoms. The van der Waals surface area contributed by atoms with Crippen molar-refractivity contribution in [2.75, 3.05) is 11.5 Å². The molecule has 0 aromatic heterocycles. The van der Waals surface area contributed by atoms with E-state index in [0.29, 0.717) is 0 Å². The fourth-order valence-electron chi connectivity index (χ4n) is 1.34. The largest absolute Gasteiger partial charge is 1.00 e. The molecule has 1 aliphatic heterocycles. The van der Waals surface area contributed by atoms with E-state index in [2.05, 4.69) is 0 Å². The molecule has 12 heteroatoms. The summed E-state index contributed by atoms with van der Waals surface area (Å²) in [5.41, 5.74) is 0. The first kappa shape index (κ1) is 16.8. The summed E-state index contributed by atoms with van der Waals surface area (Å²) < 4.78 is 82.0. The van der Waals surface area contributed by atoms with Crippen molar-refractivity contribution >= 4 is 30.1 Å². The van der Waals surface area contributed by atoms with Crippen LogP contribution in [0.25, 0.3) is 0 Å². The van der Waals surface area contributed by atoms with Gasteiger partial charge in [-0.3, -0.25) is 9.11 Å². The Labute approximate surface area is 115 Å². The standard InChI is InChI=1S/C4H8O8S3.Na/c5-13(6)1-3(14(7,8)9)4(2-13)15(10,11)12;/h3-4H,1-2H2,(H,7,8,9)(H,10,11,12);/q;+1. The van der Waals surface area contributed by atoms with Crippen molar-refractivity contribution in [1.29, 1.82) is 0 Å². The van der Waals surface area contributed by atoms with Gasteiger partial charge in [-0.2, -0.15) is 16.8 Å². The minimum atomic E-state index is -4.82. The molecule has 0 radical (unpaired) electrons. The summed E-state index contributed by atoms with van der Waals surface area (Å²) in [6, 6.07) is 0. The second-order valence-corrected chi connectivity index (χ2v) is 8.61. The van der Waals surface area contributed by atoms with Gasteiger partial charge in [-0.15, -0.1) is 0 Å². The van der Waals surface area contributed by atoms with Gasteiger partial charge < -0.3 is 0 Å². The summed E-state index contributed by atoms with van der Waals surface area (Å²) >= 11 is 0. The van der Waals surface area contributed by atoms with Gasteiger partial charge >= 0.3 is 29.6 Å². The van der Waals surface area contributed by atoms with Crippen LogP contribution in [-0.4, -0.2) is 56.4 Å². The second-order valence-electron chi connectivity index (χ2n) is 3.18. The van der Waals surface area contributed by atoms with Crippen molar-refractivity contribution < 1.29 is 63.9 Å². The Kier molecular flexibility index (Phi) is 5.03. The first-order valence-electron chi connectivity index (χ1n) is 3.56. The van der Waals surface area contributed by atoms with E-state index in [1.54, 1.807) is 0 Å². The maximum Gasteiger partial charge on any atom is 1.00 e. The molecule has 1 fully saturated rings. The van der Waals surface area contributed by atoms with Gasteiger partial charge in [-0.25, -0.2) is 8.42 Å². The number of sulfone groups is 1.